The normalized spacial score (nSPS) is 24.9. The third-order valence-corrected chi connectivity index (χ3v) is 7.02. The van der Waals surface area contributed by atoms with E-state index in [-0.39, 0.29) is 0 Å². The van der Waals surface area contributed by atoms with Crippen molar-refractivity contribution in [3.63, 3.8) is 0 Å². The molecule has 1 aromatic carbocycles. The van der Waals surface area contributed by atoms with Gasteiger partial charge in [-0.15, -0.1) is 13.2 Å². The zero-order valence-electron chi connectivity index (χ0n) is 17.5. The van der Waals surface area contributed by atoms with Crippen molar-refractivity contribution in [2.45, 2.75) is 96.8 Å². The van der Waals surface area contributed by atoms with E-state index in [0.29, 0.717) is 18.3 Å². The third kappa shape index (κ3) is 6.62. The van der Waals surface area contributed by atoms with Crippen molar-refractivity contribution in [3.05, 3.63) is 29.1 Å². The molecule has 164 valence electrons. The minimum atomic E-state index is -4.86. The van der Waals surface area contributed by atoms with E-state index < -0.39 is 17.9 Å². The molecule has 0 heterocycles. The van der Waals surface area contributed by atoms with E-state index in [4.69, 9.17) is 0 Å². The molecule has 1 saturated carbocycles. The summed E-state index contributed by atoms with van der Waals surface area (Å²) in [5.41, 5.74) is 1.67. The lowest BCUT2D eigenvalue weighted by Gasteiger charge is -2.36. The summed E-state index contributed by atoms with van der Waals surface area (Å²) in [5.74, 6) is 0.460. The number of alkyl halides is 3. The quantitative estimate of drug-likeness (QED) is 0.309. The zero-order chi connectivity index (χ0) is 20.9. The van der Waals surface area contributed by atoms with E-state index in [1.54, 1.807) is 0 Å². The lowest BCUT2D eigenvalue weighted by molar-refractivity contribution is -0.275. The van der Waals surface area contributed by atoms with E-state index in [9.17, 15) is 17.6 Å². The first-order chi connectivity index (χ1) is 13.9. The molecule has 1 nitrogen and oxygen atoms in total. The number of aryl methyl sites for hydroxylation is 1. The lowest BCUT2D eigenvalue weighted by atomic mass is 9.69. The van der Waals surface area contributed by atoms with Crippen molar-refractivity contribution < 1.29 is 22.3 Å². The van der Waals surface area contributed by atoms with Gasteiger partial charge in [-0.05, 0) is 73.1 Å². The Bertz CT molecular complexity index is 647. The Hall–Kier alpha value is -1.26. The molecule has 0 radical (unpaired) electrons. The van der Waals surface area contributed by atoms with Gasteiger partial charge in [0, 0.05) is 0 Å². The monoisotopic (exact) mass is 414 g/mol. The van der Waals surface area contributed by atoms with Gasteiger partial charge in [-0.3, -0.25) is 0 Å². The van der Waals surface area contributed by atoms with Gasteiger partial charge >= 0.3 is 6.36 Å². The molecule has 5 heteroatoms. The molecule has 29 heavy (non-hydrogen) atoms. The number of hydrogen-bond donors (Lipinski definition) is 0. The van der Waals surface area contributed by atoms with Crippen LogP contribution >= 0.6 is 0 Å². The van der Waals surface area contributed by atoms with E-state index in [1.165, 1.54) is 76.3 Å². The number of fused-ring (bicyclic) bond motifs is 1. The van der Waals surface area contributed by atoms with Crippen LogP contribution in [0.25, 0.3) is 0 Å². The molecule has 2 aliphatic rings. The molecule has 0 aromatic heterocycles. The summed E-state index contributed by atoms with van der Waals surface area (Å²) >= 11 is 0. The number of unbranched alkanes of at least 4 members (excludes halogenated alkanes) is 4. The van der Waals surface area contributed by atoms with Crippen molar-refractivity contribution in [3.8, 4) is 5.75 Å². The van der Waals surface area contributed by atoms with Gasteiger partial charge in [0.15, 0.2) is 11.6 Å². The molecule has 3 rings (SSSR count). The maximum Gasteiger partial charge on any atom is 0.573 e. The highest BCUT2D eigenvalue weighted by atomic mass is 19.4. The van der Waals surface area contributed by atoms with Crippen LogP contribution in [0.15, 0.2) is 12.1 Å². The van der Waals surface area contributed by atoms with Gasteiger partial charge in [-0.25, -0.2) is 4.39 Å². The second-order valence-electron chi connectivity index (χ2n) is 9.09. The smallest absolute Gasteiger partial charge is 0.403 e. The fourth-order valence-electron chi connectivity index (χ4n) is 5.37. The minimum absolute atomic E-state index is 0.529. The first-order valence-electron chi connectivity index (χ1n) is 11.4. The minimum Gasteiger partial charge on any atom is -0.403 e. The van der Waals surface area contributed by atoms with Gasteiger partial charge in [0.1, 0.15) is 0 Å². The number of hydrogen-bond acceptors (Lipinski definition) is 1. The Morgan fingerprint density at radius 2 is 1.62 bits per heavy atom. The molecule has 1 aromatic rings. The van der Waals surface area contributed by atoms with Crippen LogP contribution in [0.4, 0.5) is 17.6 Å². The Balaban J connectivity index is 1.48. The summed E-state index contributed by atoms with van der Waals surface area (Å²) < 4.78 is 55.2. The second-order valence-corrected chi connectivity index (χ2v) is 9.09. The lowest BCUT2D eigenvalue weighted by Crippen LogP contribution is -2.27. The molecule has 1 fully saturated rings. The Kier molecular flexibility index (Phi) is 7.86. The van der Waals surface area contributed by atoms with Crippen molar-refractivity contribution >= 4 is 0 Å². The van der Waals surface area contributed by atoms with Gasteiger partial charge in [-0.1, -0.05) is 58.3 Å². The van der Waals surface area contributed by atoms with Crippen LogP contribution in [-0.4, -0.2) is 6.36 Å². The number of benzene rings is 1. The molecule has 2 aliphatic carbocycles. The van der Waals surface area contributed by atoms with Crippen LogP contribution in [-0.2, 0) is 12.8 Å². The van der Waals surface area contributed by atoms with Crippen LogP contribution in [0.3, 0.4) is 0 Å². The van der Waals surface area contributed by atoms with Gasteiger partial charge < -0.3 is 4.74 Å². The highest BCUT2D eigenvalue weighted by molar-refractivity contribution is 5.39. The number of halogens is 4. The summed E-state index contributed by atoms with van der Waals surface area (Å²) in [4.78, 5) is 0. The van der Waals surface area contributed by atoms with Gasteiger partial charge in [0.25, 0.3) is 0 Å². The second kappa shape index (κ2) is 10.2. The summed E-state index contributed by atoms with van der Waals surface area (Å²) in [6.45, 7) is 2.24. The fraction of sp³-hybridized carbons (Fsp3) is 0.750. The fourth-order valence-corrected chi connectivity index (χ4v) is 5.37. The highest BCUT2D eigenvalue weighted by Crippen LogP contribution is 2.42. The maximum absolute atomic E-state index is 14.1. The topological polar surface area (TPSA) is 9.23 Å². The van der Waals surface area contributed by atoms with Crippen molar-refractivity contribution in [2.75, 3.05) is 0 Å². The first-order valence-corrected chi connectivity index (χ1v) is 11.4. The van der Waals surface area contributed by atoms with E-state index in [2.05, 4.69) is 11.7 Å². The molecule has 1 unspecified atom stereocenters. The molecular formula is C24H34F4O. The zero-order valence-corrected chi connectivity index (χ0v) is 17.5. The molecule has 0 saturated heterocycles. The van der Waals surface area contributed by atoms with Crippen LogP contribution in [0.5, 0.6) is 5.75 Å². The summed E-state index contributed by atoms with van der Waals surface area (Å²) in [5, 5.41) is 0. The number of ether oxygens (including phenoxy) is 1. The number of rotatable bonds is 8. The molecule has 1 atom stereocenters. The van der Waals surface area contributed by atoms with Crippen LogP contribution < -0.4 is 4.74 Å². The van der Waals surface area contributed by atoms with Crippen LogP contribution in [0.1, 0.15) is 88.7 Å². The van der Waals surface area contributed by atoms with Gasteiger partial charge in [-0.2, -0.15) is 0 Å². The Morgan fingerprint density at radius 3 is 2.31 bits per heavy atom. The molecule has 0 spiro atoms. The average Bonchev–Trinajstić information content (AvgIpc) is 2.67. The standard InChI is InChI=1S/C24H34F4O/c1-2-3-4-5-6-7-17-8-10-18(11-9-17)19-12-13-20-16-23(29-24(26,27)28)22(25)15-21(20)14-19/h15-19H,2-14H2,1H3. The third-order valence-electron chi connectivity index (χ3n) is 7.02. The van der Waals surface area contributed by atoms with Crippen molar-refractivity contribution in [1.82, 2.24) is 0 Å². The first kappa shape index (κ1) is 22.4. The molecule has 0 aliphatic heterocycles. The predicted octanol–water partition coefficient (Wildman–Crippen LogP) is 8.00. The predicted molar refractivity (Wildman–Crippen MR) is 107 cm³/mol. The molecular weight excluding hydrogens is 380 g/mol. The molecule has 0 N–H and O–H groups in total. The SMILES string of the molecule is CCCCCCCC1CCC(C2CCc3cc(OC(F)(F)F)c(F)cc3C2)CC1. The highest BCUT2D eigenvalue weighted by Gasteiger charge is 2.34. The summed E-state index contributed by atoms with van der Waals surface area (Å²) in [6.07, 6.45) is 10.8. The van der Waals surface area contributed by atoms with E-state index in [1.807, 2.05) is 0 Å². The summed E-state index contributed by atoms with van der Waals surface area (Å²) in [7, 11) is 0. The van der Waals surface area contributed by atoms with E-state index >= 15 is 0 Å². The van der Waals surface area contributed by atoms with Crippen LogP contribution in [0, 0.1) is 23.6 Å². The van der Waals surface area contributed by atoms with Gasteiger partial charge in [0.2, 0.25) is 0 Å². The van der Waals surface area contributed by atoms with Crippen molar-refractivity contribution in [1.29, 1.82) is 0 Å². The van der Waals surface area contributed by atoms with Crippen LogP contribution in [0.2, 0.25) is 0 Å². The molecule has 0 amide bonds. The molecule has 0 bridgehead atoms. The van der Waals surface area contributed by atoms with Crippen molar-refractivity contribution in [2.24, 2.45) is 17.8 Å². The van der Waals surface area contributed by atoms with E-state index in [0.717, 1.165) is 29.9 Å². The average molecular weight is 415 g/mol. The maximum atomic E-state index is 14.1. The largest absolute Gasteiger partial charge is 0.573 e. The Labute approximate surface area is 172 Å². The van der Waals surface area contributed by atoms with Gasteiger partial charge in [0.05, 0.1) is 0 Å². The Morgan fingerprint density at radius 1 is 0.897 bits per heavy atom. The summed E-state index contributed by atoms with van der Waals surface area (Å²) in [6, 6.07) is 2.52.